The molecule has 1 heteroatoms. The SMILES string of the molecule is c1cc(Cc2ccc3ccccc3c2)cc(-c2ccc3[pH]c4ccc5ccccc5c4c3c2)c1. The molecule has 1 aromatic heterocycles. The van der Waals surface area contributed by atoms with Gasteiger partial charge in [0.15, 0.2) is 0 Å². The van der Waals surface area contributed by atoms with Crippen LogP contribution >= 0.6 is 8.19 Å². The van der Waals surface area contributed by atoms with E-state index >= 15 is 0 Å². The van der Waals surface area contributed by atoms with Crippen molar-refractivity contribution < 1.29 is 0 Å². The van der Waals surface area contributed by atoms with E-state index in [1.807, 2.05) is 0 Å². The molecule has 0 saturated heterocycles. The lowest BCUT2D eigenvalue weighted by Gasteiger charge is -2.08. The van der Waals surface area contributed by atoms with Crippen LogP contribution in [0.4, 0.5) is 0 Å². The van der Waals surface area contributed by atoms with Crippen molar-refractivity contribution in [2.75, 3.05) is 0 Å². The monoisotopic (exact) mass is 450 g/mol. The van der Waals surface area contributed by atoms with E-state index in [0.717, 1.165) is 14.6 Å². The van der Waals surface area contributed by atoms with Gasteiger partial charge in [-0.05, 0) is 78.9 Å². The number of hydrogen-bond acceptors (Lipinski definition) is 0. The van der Waals surface area contributed by atoms with Crippen LogP contribution in [0.3, 0.4) is 0 Å². The Kier molecular flexibility index (Phi) is 4.54. The van der Waals surface area contributed by atoms with E-state index in [-0.39, 0.29) is 0 Å². The summed E-state index contributed by atoms with van der Waals surface area (Å²) in [6.07, 6.45) is 0.943. The number of benzene rings is 6. The Hall–Kier alpha value is -3.86. The van der Waals surface area contributed by atoms with E-state index in [4.69, 9.17) is 0 Å². The van der Waals surface area contributed by atoms with Crippen molar-refractivity contribution in [2.24, 2.45) is 0 Å². The van der Waals surface area contributed by atoms with Gasteiger partial charge in [-0.1, -0.05) is 103 Å². The fourth-order valence-electron chi connectivity index (χ4n) is 5.30. The van der Waals surface area contributed by atoms with Crippen molar-refractivity contribution in [3.63, 3.8) is 0 Å². The van der Waals surface area contributed by atoms with Crippen molar-refractivity contribution in [3.05, 3.63) is 132 Å². The van der Waals surface area contributed by atoms with Crippen LogP contribution < -0.4 is 0 Å². The number of hydrogen-bond donors (Lipinski definition) is 0. The molecular formula is C33H23P. The minimum Gasteiger partial charge on any atom is -0.123 e. The largest absolute Gasteiger partial charge is 0.123 e. The lowest BCUT2D eigenvalue weighted by Crippen LogP contribution is -1.89. The van der Waals surface area contributed by atoms with Gasteiger partial charge in [0.05, 0.1) is 0 Å². The van der Waals surface area contributed by atoms with E-state index in [1.54, 1.807) is 0 Å². The lowest BCUT2D eigenvalue weighted by molar-refractivity contribution is 1.20. The van der Waals surface area contributed by atoms with E-state index in [2.05, 4.69) is 121 Å². The molecule has 0 spiro atoms. The Morgan fingerprint density at radius 2 is 1.18 bits per heavy atom. The van der Waals surface area contributed by atoms with E-state index in [1.165, 1.54) is 64.8 Å². The zero-order valence-electron chi connectivity index (χ0n) is 18.8. The molecule has 0 N–H and O–H groups in total. The predicted octanol–water partition coefficient (Wildman–Crippen LogP) is 9.59. The fourth-order valence-corrected chi connectivity index (χ4v) is 6.65. The van der Waals surface area contributed by atoms with Gasteiger partial charge in [0.2, 0.25) is 0 Å². The summed E-state index contributed by atoms with van der Waals surface area (Å²) in [4.78, 5) is 0. The molecule has 7 aromatic rings. The Balaban J connectivity index is 1.31. The summed E-state index contributed by atoms with van der Waals surface area (Å²) in [6.45, 7) is 0. The second-order valence-electron chi connectivity index (χ2n) is 9.15. The maximum Gasteiger partial charge on any atom is 0.00140 e. The number of rotatable bonds is 3. The zero-order valence-corrected chi connectivity index (χ0v) is 19.8. The highest BCUT2D eigenvalue weighted by atomic mass is 31.0. The lowest BCUT2D eigenvalue weighted by atomic mass is 9.96. The van der Waals surface area contributed by atoms with Crippen LogP contribution in [-0.2, 0) is 6.42 Å². The first-order valence-electron chi connectivity index (χ1n) is 11.8. The van der Waals surface area contributed by atoms with Crippen LogP contribution in [0.1, 0.15) is 11.1 Å². The third-order valence-electron chi connectivity index (χ3n) is 6.97. The zero-order chi connectivity index (χ0) is 22.5. The molecule has 0 fully saturated rings. The van der Waals surface area contributed by atoms with Crippen molar-refractivity contribution in [3.8, 4) is 11.1 Å². The van der Waals surface area contributed by atoms with Crippen LogP contribution in [0, 0.1) is 0 Å². The van der Waals surface area contributed by atoms with Gasteiger partial charge in [0.25, 0.3) is 0 Å². The molecule has 7 rings (SSSR count). The molecule has 1 atom stereocenters. The molecular weight excluding hydrogens is 427 g/mol. The van der Waals surface area contributed by atoms with Crippen molar-refractivity contribution in [1.82, 2.24) is 0 Å². The van der Waals surface area contributed by atoms with Crippen molar-refractivity contribution >= 4 is 50.7 Å². The Bertz CT molecular complexity index is 1840. The molecule has 34 heavy (non-hydrogen) atoms. The molecule has 0 nitrogen and oxygen atoms in total. The Morgan fingerprint density at radius 3 is 2.12 bits per heavy atom. The molecule has 0 aliphatic rings. The molecule has 0 aliphatic carbocycles. The van der Waals surface area contributed by atoms with Gasteiger partial charge in [0.1, 0.15) is 0 Å². The molecule has 0 saturated carbocycles. The van der Waals surface area contributed by atoms with E-state index in [9.17, 15) is 0 Å². The molecule has 160 valence electrons. The summed E-state index contributed by atoms with van der Waals surface area (Å²) in [6, 6.07) is 44.9. The van der Waals surface area contributed by atoms with Crippen LogP contribution in [0.25, 0.3) is 53.7 Å². The summed E-state index contributed by atoms with van der Waals surface area (Å²) >= 11 is 0. The smallest absolute Gasteiger partial charge is 0.00140 e. The molecule has 1 heterocycles. The summed E-state index contributed by atoms with van der Waals surface area (Å²) in [7, 11) is 0.739. The minimum atomic E-state index is 0.739. The van der Waals surface area contributed by atoms with Gasteiger partial charge >= 0.3 is 0 Å². The maximum absolute atomic E-state index is 2.41. The normalized spacial score (nSPS) is 11.9. The van der Waals surface area contributed by atoms with Crippen LogP contribution in [0.5, 0.6) is 0 Å². The van der Waals surface area contributed by atoms with Gasteiger partial charge in [0, 0.05) is 10.5 Å². The van der Waals surface area contributed by atoms with Gasteiger partial charge in [-0.3, -0.25) is 0 Å². The van der Waals surface area contributed by atoms with Gasteiger partial charge in [-0.25, -0.2) is 0 Å². The second kappa shape index (κ2) is 7.87. The summed E-state index contributed by atoms with van der Waals surface area (Å²) in [5.74, 6) is 0. The van der Waals surface area contributed by atoms with Gasteiger partial charge in [-0.15, -0.1) is 8.19 Å². The van der Waals surface area contributed by atoms with E-state index < -0.39 is 0 Å². The fraction of sp³-hybridized carbons (Fsp3) is 0.0303. The molecule has 0 aliphatic heterocycles. The average Bonchev–Trinajstić information content (AvgIpc) is 3.27. The third kappa shape index (κ3) is 3.31. The first-order valence-corrected chi connectivity index (χ1v) is 12.8. The van der Waals surface area contributed by atoms with Crippen LogP contribution in [-0.4, -0.2) is 0 Å². The Labute approximate surface area is 200 Å². The summed E-state index contributed by atoms with van der Waals surface area (Å²) in [5.41, 5.74) is 5.29. The summed E-state index contributed by atoms with van der Waals surface area (Å²) < 4.78 is 0. The van der Waals surface area contributed by atoms with Crippen LogP contribution in [0.2, 0.25) is 0 Å². The molecule has 0 radical (unpaired) electrons. The van der Waals surface area contributed by atoms with Gasteiger partial charge < -0.3 is 0 Å². The Morgan fingerprint density at radius 1 is 0.441 bits per heavy atom. The molecule has 1 unspecified atom stereocenters. The van der Waals surface area contributed by atoms with Crippen molar-refractivity contribution in [2.45, 2.75) is 6.42 Å². The standard InChI is InChI=1S/C33H23P/c1-2-9-26-20-23(12-13-24(26)7-1)18-22-6-5-10-27(19-22)28-15-16-31-30(21-28)33-29-11-4-3-8-25(29)14-17-32(33)34-31/h1-17,19-21,34H,18H2. The van der Waals surface area contributed by atoms with E-state index in [0.29, 0.717) is 0 Å². The highest BCUT2D eigenvalue weighted by molar-refractivity contribution is 7.44. The second-order valence-corrected chi connectivity index (χ2v) is 10.5. The molecule has 0 bridgehead atoms. The van der Waals surface area contributed by atoms with Gasteiger partial charge in [-0.2, -0.15) is 0 Å². The quantitative estimate of drug-likeness (QED) is 0.251. The van der Waals surface area contributed by atoms with Crippen LogP contribution in [0.15, 0.2) is 121 Å². The topological polar surface area (TPSA) is 0 Å². The third-order valence-corrected chi connectivity index (χ3v) is 8.36. The summed E-state index contributed by atoms with van der Waals surface area (Å²) in [5, 5.41) is 11.1. The highest BCUT2D eigenvalue weighted by Gasteiger charge is 2.10. The average molecular weight is 451 g/mol. The number of fused-ring (bicyclic) bond motifs is 6. The highest BCUT2D eigenvalue weighted by Crippen LogP contribution is 2.42. The first kappa shape index (κ1) is 19.6. The minimum absolute atomic E-state index is 0.739. The first-order chi connectivity index (χ1) is 16.8. The molecule has 6 aromatic carbocycles. The molecule has 0 amide bonds. The predicted molar refractivity (Wildman–Crippen MR) is 151 cm³/mol. The van der Waals surface area contributed by atoms with Crippen molar-refractivity contribution in [1.29, 1.82) is 0 Å². The maximum atomic E-state index is 2.41.